The molecule has 0 aliphatic heterocycles. The van der Waals surface area contributed by atoms with Gasteiger partial charge in [0.05, 0.1) is 19.1 Å². The molecule has 0 fully saturated rings. The molecule has 0 aliphatic rings. The van der Waals surface area contributed by atoms with Crippen molar-refractivity contribution in [1.29, 1.82) is 0 Å². The molecule has 1 rings (SSSR count). The molecule has 0 aliphatic carbocycles. The lowest BCUT2D eigenvalue weighted by molar-refractivity contribution is -0.125. The van der Waals surface area contributed by atoms with Gasteiger partial charge in [0.1, 0.15) is 0 Å². The second-order valence-corrected chi connectivity index (χ2v) is 5.14. The Balaban J connectivity index is 0.00000400. The number of halogens is 1. The average molecular weight is 314 g/mol. The molecule has 6 heteroatoms. The van der Waals surface area contributed by atoms with E-state index in [-0.39, 0.29) is 43.4 Å². The normalized spacial score (nSPS) is 11.4. The van der Waals surface area contributed by atoms with Gasteiger partial charge in [0.15, 0.2) is 0 Å². The van der Waals surface area contributed by atoms with Crippen molar-refractivity contribution in [3.63, 3.8) is 0 Å². The van der Waals surface area contributed by atoms with Crippen LogP contribution in [-0.4, -0.2) is 24.9 Å². The maximum Gasteiger partial charge on any atom is 0.239 e. The van der Waals surface area contributed by atoms with Gasteiger partial charge in [-0.15, -0.1) is 12.4 Å². The molecule has 1 unspecified atom stereocenters. The molecule has 0 aromatic heterocycles. The van der Waals surface area contributed by atoms with Crippen LogP contribution in [0.15, 0.2) is 30.3 Å². The van der Waals surface area contributed by atoms with Crippen molar-refractivity contribution in [2.45, 2.75) is 26.3 Å². The molecule has 5 nitrogen and oxygen atoms in total. The topological polar surface area (TPSA) is 84.2 Å². The summed E-state index contributed by atoms with van der Waals surface area (Å²) in [4.78, 5) is 22.9. The van der Waals surface area contributed by atoms with Crippen molar-refractivity contribution < 1.29 is 9.59 Å². The second kappa shape index (κ2) is 10.2. The third-order valence-corrected chi connectivity index (χ3v) is 2.88. The molecule has 0 saturated heterocycles. The van der Waals surface area contributed by atoms with E-state index in [1.165, 1.54) is 0 Å². The van der Waals surface area contributed by atoms with Gasteiger partial charge in [-0.25, -0.2) is 0 Å². The van der Waals surface area contributed by atoms with E-state index in [4.69, 9.17) is 5.73 Å². The van der Waals surface area contributed by atoms with Crippen LogP contribution in [0.5, 0.6) is 0 Å². The number of carbonyl (C=O) groups is 2. The van der Waals surface area contributed by atoms with Crippen LogP contribution >= 0.6 is 12.4 Å². The van der Waals surface area contributed by atoms with E-state index in [0.717, 1.165) is 12.0 Å². The van der Waals surface area contributed by atoms with Gasteiger partial charge in [-0.1, -0.05) is 44.2 Å². The highest BCUT2D eigenvalue weighted by Crippen LogP contribution is 2.20. The molecule has 21 heavy (non-hydrogen) atoms. The third kappa shape index (κ3) is 7.68. The van der Waals surface area contributed by atoms with Gasteiger partial charge in [-0.05, 0) is 17.9 Å². The molecular weight excluding hydrogens is 290 g/mol. The molecule has 1 atom stereocenters. The summed E-state index contributed by atoms with van der Waals surface area (Å²) < 4.78 is 0. The summed E-state index contributed by atoms with van der Waals surface area (Å²) in [6.07, 6.45) is 0.848. The number of amides is 2. The van der Waals surface area contributed by atoms with E-state index in [1.807, 2.05) is 30.3 Å². The van der Waals surface area contributed by atoms with Crippen LogP contribution in [0.3, 0.4) is 0 Å². The molecule has 1 aromatic rings. The van der Waals surface area contributed by atoms with Gasteiger partial charge in [-0.2, -0.15) is 0 Å². The summed E-state index contributed by atoms with van der Waals surface area (Å²) in [6.45, 7) is 4.06. The molecule has 0 heterocycles. The first-order chi connectivity index (χ1) is 9.52. The van der Waals surface area contributed by atoms with E-state index >= 15 is 0 Å². The zero-order valence-electron chi connectivity index (χ0n) is 12.5. The fourth-order valence-electron chi connectivity index (χ4n) is 1.93. The Kier molecular flexibility index (Phi) is 9.41. The maximum absolute atomic E-state index is 11.9. The Morgan fingerprint density at radius 1 is 1.14 bits per heavy atom. The minimum atomic E-state index is -0.333. The minimum absolute atomic E-state index is 0. The van der Waals surface area contributed by atoms with Crippen LogP contribution in [0.4, 0.5) is 0 Å². The summed E-state index contributed by atoms with van der Waals surface area (Å²) in [5, 5.41) is 5.42. The van der Waals surface area contributed by atoms with Crippen LogP contribution in [0, 0.1) is 5.92 Å². The molecule has 118 valence electrons. The van der Waals surface area contributed by atoms with Gasteiger partial charge in [0.2, 0.25) is 11.8 Å². The zero-order valence-corrected chi connectivity index (χ0v) is 13.3. The predicted octanol–water partition coefficient (Wildman–Crippen LogP) is 1.39. The van der Waals surface area contributed by atoms with Crippen LogP contribution in [0.1, 0.15) is 31.9 Å². The minimum Gasteiger partial charge on any atom is -0.348 e. The summed E-state index contributed by atoms with van der Waals surface area (Å²) >= 11 is 0. The molecule has 0 bridgehead atoms. The van der Waals surface area contributed by atoms with Crippen molar-refractivity contribution in [2.24, 2.45) is 11.7 Å². The Bertz CT molecular complexity index is 438. The number of hydrogen-bond acceptors (Lipinski definition) is 3. The number of nitrogens with two attached hydrogens (primary N) is 1. The molecule has 0 radical (unpaired) electrons. The van der Waals surface area contributed by atoms with Gasteiger partial charge in [0.25, 0.3) is 0 Å². The lowest BCUT2D eigenvalue weighted by atomic mass is 9.97. The van der Waals surface area contributed by atoms with Gasteiger partial charge in [0, 0.05) is 0 Å². The van der Waals surface area contributed by atoms with E-state index in [2.05, 4.69) is 24.5 Å². The van der Waals surface area contributed by atoms with Crippen LogP contribution in [-0.2, 0) is 9.59 Å². The molecule has 0 saturated carbocycles. The first-order valence-electron chi connectivity index (χ1n) is 6.84. The predicted molar refractivity (Wildman–Crippen MR) is 86.1 cm³/mol. The van der Waals surface area contributed by atoms with E-state index in [0.29, 0.717) is 5.92 Å². The third-order valence-electron chi connectivity index (χ3n) is 2.88. The standard InChI is InChI=1S/C15H23N3O2.ClH/c1-11(2)8-13(12-6-4-3-5-7-12)18-15(20)10-17-14(19)9-16;/h3-7,11,13H,8-10,16H2,1-2H3,(H,17,19)(H,18,20);1H. The number of rotatable bonds is 7. The smallest absolute Gasteiger partial charge is 0.239 e. The molecular formula is C15H24ClN3O2. The number of nitrogens with one attached hydrogen (secondary N) is 2. The van der Waals surface area contributed by atoms with Crippen LogP contribution < -0.4 is 16.4 Å². The Morgan fingerprint density at radius 2 is 1.76 bits per heavy atom. The van der Waals surface area contributed by atoms with Crippen LogP contribution in [0.25, 0.3) is 0 Å². The van der Waals surface area contributed by atoms with Crippen molar-refractivity contribution in [1.82, 2.24) is 10.6 Å². The fraction of sp³-hybridized carbons (Fsp3) is 0.467. The largest absolute Gasteiger partial charge is 0.348 e. The van der Waals surface area contributed by atoms with E-state index in [9.17, 15) is 9.59 Å². The average Bonchev–Trinajstić information content (AvgIpc) is 2.44. The monoisotopic (exact) mass is 313 g/mol. The number of benzene rings is 1. The highest BCUT2D eigenvalue weighted by molar-refractivity contribution is 5.85. The first-order valence-corrected chi connectivity index (χ1v) is 6.84. The van der Waals surface area contributed by atoms with Crippen molar-refractivity contribution in [3.8, 4) is 0 Å². The first kappa shape index (κ1) is 19.4. The SMILES string of the molecule is CC(C)CC(NC(=O)CNC(=O)CN)c1ccccc1.Cl. The second-order valence-electron chi connectivity index (χ2n) is 5.14. The van der Waals surface area contributed by atoms with Gasteiger partial charge >= 0.3 is 0 Å². The molecule has 0 spiro atoms. The quantitative estimate of drug-likeness (QED) is 0.711. The highest BCUT2D eigenvalue weighted by atomic mass is 35.5. The van der Waals surface area contributed by atoms with Crippen molar-refractivity contribution in [3.05, 3.63) is 35.9 Å². The fourth-order valence-corrected chi connectivity index (χ4v) is 1.93. The molecule has 2 amide bonds. The summed E-state index contributed by atoms with van der Waals surface area (Å²) in [5.74, 6) is -0.0827. The molecule has 4 N–H and O–H groups in total. The van der Waals surface area contributed by atoms with Crippen molar-refractivity contribution in [2.75, 3.05) is 13.1 Å². The number of hydrogen-bond donors (Lipinski definition) is 3. The van der Waals surface area contributed by atoms with E-state index in [1.54, 1.807) is 0 Å². The summed E-state index contributed by atoms with van der Waals surface area (Å²) in [6, 6.07) is 9.78. The summed E-state index contributed by atoms with van der Waals surface area (Å²) in [7, 11) is 0. The Morgan fingerprint density at radius 3 is 2.29 bits per heavy atom. The van der Waals surface area contributed by atoms with Gasteiger partial charge < -0.3 is 16.4 Å². The van der Waals surface area contributed by atoms with Gasteiger partial charge in [-0.3, -0.25) is 9.59 Å². The molecule has 1 aromatic carbocycles. The lowest BCUT2D eigenvalue weighted by Crippen LogP contribution is -2.41. The van der Waals surface area contributed by atoms with Crippen LogP contribution in [0.2, 0.25) is 0 Å². The zero-order chi connectivity index (χ0) is 15.0. The lowest BCUT2D eigenvalue weighted by Gasteiger charge is -2.21. The van der Waals surface area contributed by atoms with E-state index < -0.39 is 0 Å². The Hall–Kier alpha value is -1.59. The highest BCUT2D eigenvalue weighted by Gasteiger charge is 2.16. The summed E-state index contributed by atoms with van der Waals surface area (Å²) in [5.41, 5.74) is 6.24. The number of carbonyl (C=O) groups excluding carboxylic acids is 2. The van der Waals surface area contributed by atoms with Crippen molar-refractivity contribution >= 4 is 24.2 Å². The maximum atomic E-state index is 11.9. The Labute approximate surface area is 132 Å².